The van der Waals surface area contributed by atoms with E-state index in [2.05, 4.69) is 0 Å². The van der Waals surface area contributed by atoms with Gasteiger partial charge in [-0.3, -0.25) is 0 Å². The third-order valence-corrected chi connectivity index (χ3v) is 0.295. The van der Waals surface area contributed by atoms with Gasteiger partial charge in [-0.05, 0) is 6.92 Å². The summed E-state index contributed by atoms with van der Waals surface area (Å²) in [5.74, 6) is 0. The largest absolute Gasteiger partial charge is 0.392 e. The molecule has 1 nitrogen and oxygen atoms in total. The minimum absolute atomic E-state index is 0.0185. The Morgan fingerprint density at radius 3 is 2.80 bits per heavy atom. The monoisotopic (exact) mass is 74.1 g/mol. The van der Waals surface area contributed by atoms with Gasteiger partial charge >= 0.3 is 0 Å². The van der Waals surface area contributed by atoms with Crippen LogP contribution >= 0.6 is 0 Å². The number of allylic oxidation sites excluding steroid dienone is 1. The van der Waals surface area contributed by atoms with Crippen molar-refractivity contribution in [3.8, 4) is 0 Å². The van der Waals surface area contributed by atoms with Crippen LogP contribution in [-0.4, -0.2) is 11.7 Å². The van der Waals surface area contributed by atoms with Crippen molar-refractivity contribution in [2.75, 3.05) is 6.61 Å². The van der Waals surface area contributed by atoms with Gasteiger partial charge in [0, 0.05) is 0 Å². The average Bonchev–Trinajstić information content (AvgIpc) is 1.35. The summed E-state index contributed by atoms with van der Waals surface area (Å²) < 4.78 is 6.68. The lowest BCUT2D eigenvalue weighted by atomic mass is 10.6. The average molecular weight is 74.1 g/mol. The molecule has 0 saturated carbocycles. The van der Waals surface area contributed by atoms with E-state index in [4.69, 9.17) is 6.48 Å². The van der Waals surface area contributed by atoms with Crippen molar-refractivity contribution in [2.45, 2.75) is 6.92 Å². The maximum absolute atomic E-state index is 8.04. The van der Waals surface area contributed by atoms with Crippen LogP contribution in [0.5, 0.6) is 0 Å². The zero-order valence-electron chi connectivity index (χ0n) is 4.23. The third kappa shape index (κ3) is 3.70. The Morgan fingerprint density at radius 1 is 2.20 bits per heavy atom. The molecule has 0 spiro atoms. The molecule has 0 aliphatic heterocycles. The van der Waals surface area contributed by atoms with Gasteiger partial charge in [-0.25, -0.2) is 0 Å². The Hall–Kier alpha value is -0.300. The third-order valence-electron chi connectivity index (χ3n) is 0.295. The summed E-state index contributed by atoms with van der Waals surface area (Å²) in [6, 6.07) is 0.414. The van der Waals surface area contributed by atoms with Crippen molar-refractivity contribution in [1.82, 2.24) is 0 Å². The smallest absolute Gasteiger partial charge is 0.0612 e. The second-order valence-electron chi connectivity index (χ2n) is 0.675. The Balaban J connectivity index is 3.14. The highest BCUT2D eigenvalue weighted by molar-refractivity contribution is 4.74. The Bertz CT molecular complexity index is 54.6. The zero-order valence-corrected chi connectivity index (χ0v) is 3.23. The molecule has 0 fully saturated rings. The molecule has 0 aromatic rings. The lowest BCUT2D eigenvalue weighted by Crippen LogP contribution is -1.65. The summed E-state index contributed by atoms with van der Waals surface area (Å²) in [7, 11) is 0. The van der Waals surface area contributed by atoms with Gasteiger partial charge in [0.05, 0.1) is 7.98 Å². The Morgan fingerprint density at radius 2 is 2.80 bits per heavy atom. The molecule has 0 radical (unpaired) electrons. The summed E-state index contributed by atoms with van der Waals surface area (Å²) in [6.07, 6.45) is 1.43. The summed E-state index contributed by atoms with van der Waals surface area (Å²) in [6.45, 7) is 1.60. The fraction of sp³-hybridized carbons (Fsp3) is 0.500. The predicted octanol–water partition coefficient (Wildman–Crippen LogP) is 0.555. The van der Waals surface area contributed by atoms with Gasteiger partial charge in [0.2, 0.25) is 0 Å². The van der Waals surface area contributed by atoms with Gasteiger partial charge in [0.15, 0.2) is 0 Å². The Kier molecular flexibility index (Phi) is 2.16. The molecule has 5 heavy (non-hydrogen) atoms. The molecule has 0 atom stereocenters. The van der Waals surface area contributed by atoms with Gasteiger partial charge in [0.1, 0.15) is 0 Å². The highest BCUT2D eigenvalue weighted by atomic mass is 16.2. The highest BCUT2D eigenvalue weighted by Crippen LogP contribution is 1.60. The van der Waals surface area contributed by atoms with Gasteiger partial charge in [-0.15, -0.1) is 0 Å². The van der Waals surface area contributed by atoms with Crippen LogP contribution < -0.4 is 0 Å². The molecule has 0 amide bonds. The van der Waals surface area contributed by atoms with Crippen LogP contribution in [-0.2, 0) is 0 Å². The molecule has 0 rings (SSSR count). The van der Waals surface area contributed by atoms with E-state index in [1.807, 2.05) is 0 Å². The van der Waals surface area contributed by atoms with Crippen molar-refractivity contribution in [1.29, 1.82) is 0 Å². The van der Waals surface area contributed by atoms with Crippen LogP contribution in [0.1, 0.15) is 8.29 Å². The fourth-order valence-electron chi connectivity index (χ4n) is 0.0913. The second kappa shape index (κ2) is 3.70. The molecule has 0 heterocycles. The number of hydrogen-bond donors (Lipinski definition) is 1. The molecule has 0 aliphatic carbocycles. The topological polar surface area (TPSA) is 20.2 Å². The molecular weight excluding hydrogens is 64.0 g/mol. The number of aliphatic hydroxyl groups is 1. The molecule has 0 aliphatic rings. The van der Waals surface area contributed by atoms with E-state index in [0.29, 0.717) is 6.05 Å². The highest BCUT2D eigenvalue weighted by Gasteiger charge is 1.52. The van der Waals surface area contributed by atoms with Crippen LogP contribution in [0.4, 0.5) is 0 Å². The summed E-state index contributed by atoms with van der Waals surface area (Å²) >= 11 is 0. The summed E-state index contributed by atoms with van der Waals surface area (Å²) in [4.78, 5) is 0. The van der Waals surface area contributed by atoms with Gasteiger partial charge in [-0.2, -0.15) is 0 Å². The van der Waals surface area contributed by atoms with Crippen LogP contribution in [0.2, 0.25) is 0 Å². The molecule has 0 unspecified atom stereocenters. The normalized spacial score (nSPS) is 14.8. The zero-order chi connectivity index (χ0) is 4.99. The molecule has 0 bridgehead atoms. The first-order valence-corrected chi connectivity index (χ1v) is 1.51. The van der Waals surface area contributed by atoms with Crippen molar-refractivity contribution >= 4 is 0 Å². The van der Waals surface area contributed by atoms with E-state index in [1.165, 1.54) is 6.08 Å². The van der Waals surface area contributed by atoms with E-state index in [-0.39, 0.29) is 6.61 Å². The number of rotatable bonds is 1. The second-order valence-corrected chi connectivity index (χ2v) is 0.675. The molecule has 1 heteroatoms. The molecule has 0 saturated heterocycles. The van der Waals surface area contributed by atoms with Crippen molar-refractivity contribution in [2.24, 2.45) is 0 Å². The van der Waals surface area contributed by atoms with Crippen LogP contribution in [0, 0.1) is 0 Å². The maximum Gasteiger partial charge on any atom is 0.0612 e. The Labute approximate surface area is 33.3 Å². The molecular formula is C4H8O. The minimum atomic E-state index is -0.0185. The summed E-state index contributed by atoms with van der Waals surface area (Å²) in [5, 5.41) is 8.04. The predicted molar refractivity (Wildman–Crippen MR) is 21.9 cm³/mol. The van der Waals surface area contributed by atoms with E-state index >= 15 is 0 Å². The van der Waals surface area contributed by atoms with Gasteiger partial charge in [-0.1, -0.05) is 12.1 Å². The molecule has 0 aromatic heterocycles. The quantitative estimate of drug-likeness (QED) is 0.450. The van der Waals surface area contributed by atoms with Gasteiger partial charge < -0.3 is 5.11 Å². The fourth-order valence-corrected chi connectivity index (χ4v) is 0.0913. The first-order valence-electron chi connectivity index (χ1n) is 2.01. The van der Waals surface area contributed by atoms with Crippen LogP contribution in [0.15, 0.2) is 12.1 Å². The SMILES string of the molecule is [3H]/C(C)=C\CO. The lowest BCUT2D eigenvalue weighted by molar-refractivity contribution is 0.342. The van der Waals surface area contributed by atoms with E-state index in [1.54, 1.807) is 6.92 Å². The molecule has 30 valence electrons. The van der Waals surface area contributed by atoms with Crippen molar-refractivity contribution < 1.29 is 6.48 Å². The first-order chi connectivity index (χ1) is 2.77. The van der Waals surface area contributed by atoms with E-state index in [9.17, 15) is 0 Å². The van der Waals surface area contributed by atoms with Crippen molar-refractivity contribution in [3.63, 3.8) is 0 Å². The minimum Gasteiger partial charge on any atom is -0.392 e. The first kappa shape index (κ1) is 2.91. The lowest BCUT2D eigenvalue weighted by Gasteiger charge is -1.66. The standard InChI is InChI=1S/C4H8O/c1-2-3-4-5/h2-3,5H,4H2,1H3/b3-2+/i2T. The van der Waals surface area contributed by atoms with Crippen LogP contribution in [0.3, 0.4) is 0 Å². The molecule has 1 N–H and O–H groups in total. The van der Waals surface area contributed by atoms with Crippen LogP contribution in [0.25, 0.3) is 0 Å². The van der Waals surface area contributed by atoms with Gasteiger partial charge in [0.25, 0.3) is 0 Å². The van der Waals surface area contributed by atoms with E-state index in [0.717, 1.165) is 0 Å². The maximum atomic E-state index is 8.04. The number of aliphatic hydroxyl groups excluding tert-OH is 1. The van der Waals surface area contributed by atoms with E-state index < -0.39 is 0 Å². The molecule has 0 aromatic carbocycles. The van der Waals surface area contributed by atoms with Crippen molar-refractivity contribution in [3.05, 3.63) is 12.1 Å². The summed E-state index contributed by atoms with van der Waals surface area (Å²) in [5.41, 5.74) is 0. The number of hydrogen-bond acceptors (Lipinski definition) is 1.